The molecule has 0 spiro atoms. The minimum Gasteiger partial charge on any atom is -0.481 e. The van der Waals surface area contributed by atoms with Crippen molar-refractivity contribution in [2.24, 2.45) is 10.8 Å². The van der Waals surface area contributed by atoms with Crippen molar-refractivity contribution in [2.45, 2.75) is 45.1 Å². The summed E-state index contributed by atoms with van der Waals surface area (Å²) in [5.74, 6) is 0.957. The topological polar surface area (TPSA) is 57.5 Å². The van der Waals surface area contributed by atoms with Gasteiger partial charge in [-0.3, -0.25) is 4.79 Å². The third kappa shape index (κ3) is 1.66. The fraction of sp³-hybridized carbons (Fsp3) is 0.917. The zero-order valence-corrected chi connectivity index (χ0v) is 10.8. The number of carboxylic acid groups (broad SMARTS) is 1. The van der Waals surface area contributed by atoms with Gasteiger partial charge in [0, 0.05) is 0 Å². The highest BCUT2D eigenvalue weighted by molar-refractivity contribution is 7.99. The number of hydrogen-bond donors (Lipinski definition) is 2. The van der Waals surface area contributed by atoms with Gasteiger partial charge in [-0.25, -0.2) is 0 Å². The molecule has 0 bridgehead atoms. The lowest BCUT2D eigenvalue weighted by Gasteiger charge is -2.58. The van der Waals surface area contributed by atoms with Crippen molar-refractivity contribution in [2.75, 3.05) is 11.5 Å². The first kappa shape index (κ1) is 12.2. The highest BCUT2D eigenvalue weighted by atomic mass is 32.2. The van der Waals surface area contributed by atoms with Crippen molar-refractivity contribution < 1.29 is 15.0 Å². The van der Waals surface area contributed by atoms with Crippen LogP contribution < -0.4 is 0 Å². The SMILES string of the molecule is CC1(C)CC(C(=O)O)(C2(O)CCSCC2)C1. The maximum Gasteiger partial charge on any atom is 0.312 e. The predicted molar refractivity (Wildman–Crippen MR) is 64.6 cm³/mol. The fourth-order valence-corrected chi connectivity index (χ4v) is 4.62. The maximum atomic E-state index is 11.5. The lowest BCUT2D eigenvalue weighted by Crippen LogP contribution is -2.63. The molecule has 1 saturated carbocycles. The van der Waals surface area contributed by atoms with E-state index in [1.807, 2.05) is 0 Å². The first-order valence-electron chi connectivity index (χ1n) is 5.85. The first-order chi connectivity index (χ1) is 7.31. The smallest absolute Gasteiger partial charge is 0.312 e. The normalized spacial score (nSPS) is 30.4. The van der Waals surface area contributed by atoms with Crippen LogP contribution in [0.2, 0.25) is 0 Å². The molecule has 1 aliphatic carbocycles. The second-order valence-electron chi connectivity index (χ2n) is 6.05. The molecule has 2 N–H and O–H groups in total. The maximum absolute atomic E-state index is 11.5. The van der Waals surface area contributed by atoms with Crippen molar-refractivity contribution in [1.29, 1.82) is 0 Å². The van der Waals surface area contributed by atoms with Crippen LogP contribution in [0.25, 0.3) is 0 Å². The van der Waals surface area contributed by atoms with Gasteiger partial charge in [0.1, 0.15) is 0 Å². The van der Waals surface area contributed by atoms with E-state index >= 15 is 0 Å². The van der Waals surface area contributed by atoms with Gasteiger partial charge in [-0.2, -0.15) is 11.8 Å². The van der Waals surface area contributed by atoms with E-state index in [1.165, 1.54) is 0 Å². The summed E-state index contributed by atoms with van der Waals surface area (Å²) in [7, 11) is 0. The van der Waals surface area contributed by atoms with Crippen LogP contribution in [0.4, 0.5) is 0 Å². The van der Waals surface area contributed by atoms with Crippen LogP contribution in [-0.2, 0) is 4.79 Å². The molecule has 0 aromatic heterocycles. The van der Waals surface area contributed by atoms with Crippen molar-refractivity contribution in [3.05, 3.63) is 0 Å². The van der Waals surface area contributed by atoms with Crippen molar-refractivity contribution in [3.8, 4) is 0 Å². The molecule has 1 aliphatic heterocycles. The average Bonchev–Trinajstić information content (AvgIpc) is 2.14. The van der Waals surface area contributed by atoms with Crippen LogP contribution in [0.15, 0.2) is 0 Å². The molecule has 4 heteroatoms. The van der Waals surface area contributed by atoms with Gasteiger partial charge in [0.15, 0.2) is 0 Å². The molecule has 16 heavy (non-hydrogen) atoms. The summed E-state index contributed by atoms with van der Waals surface area (Å²) < 4.78 is 0. The molecule has 1 saturated heterocycles. The van der Waals surface area contributed by atoms with Crippen LogP contribution in [0.3, 0.4) is 0 Å². The Balaban J connectivity index is 2.24. The third-order valence-electron chi connectivity index (χ3n) is 4.18. The Morgan fingerprint density at radius 1 is 1.19 bits per heavy atom. The number of aliphatic carboxylic acids is 1. The van der Waals surface area contributed by atoms with Crippen LogP contribution in [0.5, 0.6) is 0 Å². The molecule has 0 aromatic rings. The summed E-state index contributed by atoms with van der Waals surface area (Å²) in [6.45, 7) is 4.16. The number of thioether (sulfide) groups is 1. The lowest BCUT2D eigenvalue weighted by molar-refractivity contribution is -0.207. The summed E-state index contributed by atoms with van der Waals surface area (Å²) in [6, 6.07) is 0. The van der Waals surface area contributed by atoms with Crippen molar-refractivity contribution >= 4 is 17.7 Å². The highest BCUT2D eigenvalue weighted by Gasteiger charge is 2.65. The second-order valence-corrected chi connectivity index (χ2v) is 7.27. The minimum absolute atomic E-state index is 0.0682. The number of carboxylic acids is 1. The Morgan fingerprint density at radius 2 is 1.69 bits per heavy atom. The van der Waals surface area contributed by atoms with Crippen LogP contribution >= 0.6 is 11.8 Å². The van der Waals surface area contributed by atoms with Gasteiger partial charge in [0.05, 0.1) is 11.0 Å². The number of carbonyl (C=O) groups is 1. The third-order valence-corrected chi connectivity index (χ3v) is 5.17. The minimum atomic E-state index is -0.973. The van der Waals surface area contributed by atoms with E-state index in [0.717, 1.165) is 11.5 Å². The molecule has 0 aromatic carbocycles. The monoisotopic (exact) mass is 244 g/mol. The molecule has 0 atom stereocenters. The van der Waals surface area contributed by atoms with Crippen LogP contribution in [0, 0.1) is 10.8 Å². The van der Waals surface area contributed by atoms with Gasteiger partial charge in [0.25, 0.3) is 0 Å². The molecule has 2 aliphatic rings. The molecule has 1 heterocycles. The van der Waals surface area contributed by atoms with Crippen molar-refractivity contribution in [1.82, 2.24) is 0 Å². The summed E-state index contributed by atoms with van der Waals surface area (Å²) in [5.41, 5.74) is -1.78. The Kier molecular flexibility index (Phi) is 2.78. The van der Waals surface area contributed by atoms with Gasteiger partial charge in [-0.1, -0.05) is 13.8 Å². The second kappa shape index (κ2) is 3.64. The van der Waals surface area contributed by atoms with Crippen LogP contribution in [-0.4, -0.2) is 33.3 Å². The van der Waals surface area contributed by atoms with Gasteiger partial charge in [0.2, 0.25) is 0 Å². The Hall–Kier alpha value is -0.220. The van der Waals surface area contributed by atoms with Crippen molar-refractivity contribution in [3.63, 3.8) is 0 Å². The quantitative estimate of drug-likeness (QED) is 0.781. The Labute approximate surface area is 101 Å². The molecule has 0 amide bonds. The van der Waals surface area contributed by atoms with E-state index in [-0.39, 0.29) is 5.41 Å². The molecular weight excluding hydrogens is 224 g/mol. The molecule has 0 radical (unpaired) electrons. The van der Waals surface area contributed by atoms with Gasteiger partial charge in [-0.05, 0) is 42.6 Å². The summed E-state index contributed by atoms with van der Waals surface area (Å²) >= 11 is 1.81. The molecule has 92 valence electrons. The van der Waals surface area contributed by atoms with Gasteiger partial charge in [-0.15, -0.1) is 0 Å². The Bertz CT molecular complexity index is 297. The lowest BCUT2D eigenvalue weighted by atomic mass is 9.47. The standard InChI is InChI=1S/C12H20O3S/c1-10(2)7-11(8-10,9(13)14)12(15)3-5-16-6-4-12/h15H,3-8H2,1-2H3,(H,13,14). The van der Waals surface area contributed by atoms with Gasteiger partial charge >= 0.3 is 5.97 Å². The number of aliphatic hydroxyl groups is 1. The molecule has 3 nitrogen and oxygen atoms in total. The summed E-state index contributed by atoms with van der Waals surface area (Å²) in [5, 5.41) is 20.1. The van der Waals surface area contributed by atoms with E-state index in [1.54, 1.807) is 11.8 Å². The fourth-order valence-electron chi connectivity index (χ4n) is 3.45. The highest BCUT2D eigenvalue weighted by Crippen LogP contribution is 2.62. The van der Waals surface area contributed by atoms with E-state index in [9.17, 15) is 15.0 Å². The zero-order chi connectivity index (χ0) is 12.0. The van der Waals surface area contributed by atoms with E-state index in [0.29, 0.717) is 25.7 Å². The number of rotatable bonds is 2. The van der Waals surface area contributed by atoms with Gasteiger partial charge < -0.3 is 10.2 Å². The molecule has 0 unspecified atom stereocenters. The summed E-state index contributed by atoms with van der Waals surface area (Å²) in [4.78, 5) is 11.5. The first-order valence-corrected chi connectivity index (χ1v) is 7.00. The molecular formula is C12H20O3S. The number of hydrogen-bond acceptors (Lipinski definition) is 3. The predicted octanol–water partition coefficient (Wildman–Crippen LogP) is 2.14. The summed E-state index contributed by atoms with van der Waals surface area (Å²) in [6.07, 6.45) is 2.47. The average molecular weight is 244 g/mol. The van der Waals surface area contributed by atoms with E-state index in [2.05, 4.69) is 13.8 Å². The van der Waals surface area contributed by atoms with E-state index < -0.39 is 17.0 Å². The largest absolute Gasteiger partial charge is 0.481 e. The van der Waals surface area contributed by atoms with Crippen LogP contribution in [0.1, 0.15) is 39.5 Å². The molecule has 2 rings (SSSR count). The zero-order valence-electron chi connectivity index (χ0n) is 9.95. The Morgan fingerprint density at radius 3 is 2.06 bits per heavy atom. The van der Waals surface area contributed by atoms with E-state index in [4.69, 9.17) is 0 Å². The molecule has 2 fully saturated rings.